The summed E-state index contributed by atoms with van der Waals surface area (Å²) in [7, 11) is 1.60. The van der Waals surface area contributed by atoms with Crippen molar-refractivity contribution in [3.63, 3.8) is 0 Å². The third-order valence-corrected chi connectivity index (χ3v) is 5.64. The van der Waals surface area contributed by atoms with Crippen LogP contribution in [0.4, 0.5) is 4.39 Å². The van der Waals surface area contributed by atoms with E-state index < -0.39 is 0 Å². The van der Waals surface area contributed by atoms with Gasteiger partial charge in [-0.25, -0.2) is 4.39 Å². The monoisotopic (exact) mass is 395 g/mol. The summed E-state index contributed by atoms with van der Waals surface area (Å²) in [5, 5.41) is 0.992. The normalized spacial score (nSPS) is 15.7. The number of piperazine rings is 1. The van der Waals surface area contributed by atoms with Crippen LogP contribution in [0.3, 0.4) is 0 Å². The number of rotatable bonds is 6. The van der Waals surface area contributed by atoms with Gasteiger partial charge in [0.2, 0.25) is 0 Å². The van der Waals surface area contributed by atoms with Gasteiger partial charge in [-0.1, -0.05) is 18.2 Å². The number of ketones is 1. The molecule has 1 aliphatic heterocycles. The summed E-state index contributed by atoms with van der Waals surface area (Å²) in [6.45, 7) is 6.30. The van der Waals surface area contributed by atoms with Gasteiger partial charge in [-0.2, -0.15) is 0 Å². The molecule has 6 heteroatoms. The van der Waals surface area contributed by atoms with E-state index in [1.54, 1.807) is 13.2 Å². The number of benzene rings is 2. The van der Waals surface area contributed by atoms with Crippen molar-refractivity contribution in [1.82, 2.24) is 14.8 Å². The average molecular weight is 395 g/mol. The first-order chi connectivity index (χ1) is 14.0. The Bertz CT molecular complexity index is 1020. The molecule has 0 bridgehead atoms. The summed E-state index contributed by atoms with van der Waals surface area (Å²) in [4.78, 5) is 20.7. The quantitative estimate of drug-likeness (QED) is 0.648. The van der Waals surface area contributed by atoms with E-state index in [0.717, 1.165) is 53.9 Å². The fourth-order valence-electron chi connectivity index (χ4n) is 4.14. The van der Waals surface area contributed by atoms with Crippen molar-refractivity contribution < 1.29 is 13.9 Å². The fraction of sp³-hybridized carbons (Fsp3) is 0.348. The number of methoxy groups -OCH3 is 1. The minimum atomic E-state index is -0.251. The molecule has 1 N–H and O–H groups in total. The molecule has 152 valence electrons. The van der Waals surface area contributed by atoms with E-state index in [2.05, 4.69) is 14.8 Å². The van der Waals surface area contributed by atoms with Crippen LogP contribution in [0, 0.1) is 12.7 Å². The number of hydrogen-bond donors (Lipinski definition) is 1. The number of ether oxygens (including phenoxy) is 1. The molecule has 0 atom stereocenters. The molecular weight excluding hydrogens is 369 g/mol. The van der Waals surface area contributed by atoms with E-state index in [9.17, 15) is 9.18 Å². The van der Waals surface area contributed by atoms with Crippen molar-refractivity contribution in [2.45, 2.75) is 13.5 Å². The highest BCUT2D eigenvalue weighted by molar-refractivity contribution is 6.10. The van der Waals surface area contributed by atoms with Crippen molar-refractivity contribution >= 4 is 16.7 Å². The summed E-state index contributed by atoms with van der Waals surface area (Å²) in [5.41, 5.74) is 3.58. The summed E-state index contributed by atoms with van der Waals surface area (Å²) < 4.78 is 19.0. The van der Waals surface area contributed by atoms with Gasteiger partial charge < -0.3 is 9.72 Å². The summed E-state index contributed by atoms with van der Waals surface area (Å²) >= 11 is 0. The highest BCUT2D eigenvalue weighted by Crippen LogP contribution is 2.24. The van der Waals surface area contributed by atoms with Crippen LogP contribution in [0.15, 0.2) is 42.5 Å². The van der Waals surface area contributed by atoms with Crippen molar-refractivity contribution in [2.75, 3.05) is 39.8 Å². The van der Waals surface area contributed by atoms with Crippen molar-refractivity contribution in [2.24, 2.45) is 0 Å². The Hall–Kier alpha value is -2.70. The van der Waals surface area contributed by atoms with Gasteiger partial charge >= 0.3 is 0 Å². The third kappa shape index (κ3) is 4.18. The molecule has 2 heterocycles. The lowest BCUT2D eigenvalue weighted by molar-refractivity contribution is 0.0843. The minimum Gasteiger partial charge on any atom is -0.496 e. The first-order valence-electron chi connectivity index (χ1n) is 9.93. The Balaban J connectivity index is 1.37. The predicted molar refractivity (Wildman–Crippen MR) is 112 cm³/mol. The number of fused-ring (bicyclic) bond motifs is 1. The molecule has 5 nitrogen and oxygen atoms in total. The molecule has 0 unspecified atom stereocenters. The number of hydrogen-bond acceptors (Lipinski definition) is 4. The van der Waals surface area contributed by atoms with Gasteiger partial charge in [-0.15, -0.1) is 0 Å². The molecule has 0 radical (unpaired) electrons. The zero-order valence-electron chi connectivity index (χ0n) is 16.9. The lowest BCUT2D eigenvalue weighted by Crippen LogP contribution is -2.47. The van der Waals surface area contributed by atoms with E-state index in [0.29, 0.717) is 18.8 Å². The van der Waals surface area contributed by atoms with E-state index in [1.165, 1.54) is 12.1 Å². The maximum Gasteiger partial charge on any atom is 0.179 e. The number of aryl methyl sites for hydroxylation is 1. The topological polar surface area (TPSA) is 48.6 Å². The van der Waals surface area contributed by atoms with Crippen molar-refractivity contribution in [3.05, 3.63) is 65.1 Å². The highest BCUT2D eigenvalue weighted by Gasteiger charge is 2.23. The predicted octanol–water partition coefficient (Wildman–Crippen LogP) is 3.62. The fourth-order valence-corrected chi connectivity index (χ4v) is 4.14. The maximum atomic E-state index is 13.6. The molecule has 3 aromatic rings. The Morgan fingerprint density at radius 2 is 1.83 bits per heavy atom. The van der Waals surface area contributed by atoms with Crippen LogP contribution in [0.2, 0.25) is 0 Å². The van der Waals surface area contributed by atoms with Crippen LogP contribution in [-0.4, -0.2) is 60.4 Å². The van der Waals surface area contributed by atoms with Gasteiger partial charge in [0.25, 0.3) is 0 Å². The molecule has 1 aromatic heterocycles. The number of aromatic amines is 1. The smallest absolute Gasteiger partial charge is 0.179 e. The number of H-pyrrole nitrogens is 1. The van der Waals surface area contributed by atoms with Crippen molar-refractivity contribution in [3.8, 4) is 5.75 Å². The van der Waals surface area contributed by atoms with Gasteiger partial charge in [-0.05, 0) is 31.2 Å². The lowest BCUT2D eigenvalue weighted by Gasteiger charge is -2.34. The van der Waals surface area contributed by atoms with Crippen LogP contribution < -0.4 is 4.74 Å². The minimum absolute atomic E-state index is 0.153. The number of para-hydroxylation sites is 1. The standard InChI is InChI=1S/C23H26FN3O2/c1-16-23(19-5-3-4-6-20(19)25-16)21(28)15-27-11-9-26(10-12-27)14-17-13-18(24)7-8-22(17)29-2/h3-8,13,25H,9-12,14-15H2,1-2H3. The van der Waals surface area contributed by atoms with Gasteiger partial charge in [-0.3, -0.25) is 14.6 Å². The number of carbonyl (C=O) groups excluding carboxylic acids is 1. The van der Waals surface area contributed by atoms with Gasteiger partial charge in [0.15, 0.2) is 5.78 Å². The average Bonchev–Trinajstić information content (AvgIpc) is 3.05. The third-order valence-electron chi connectivity index (χ3n) is 5.64. The first-order valence-corrected chi connectivity index (χ1v) is 9.93. The molecule has 0 saturated carbocycles. The Morgan fingerprint density at radius 3 is 2.59 bits per heavy atom. The molecule has 1 saturated heterocycles. The summed E-state index contributed by atoms with van der Waals surface area (Å²) in [6, 6.07) is 12.6. The summed E-state index contributed by atoms with van der Waals surface area (Å²) in [5.74, 6) is 0.609. The SMILES string of the molecule is COc1ccc(F)cc1CN1CCN(CC(=O)c2c(C)[nH]c3ccccc23)CC1. The van der Waals surface area contributed by atoms with Crippen LogP contribution in [0.1, 0.15) is 21.6 Å². The van der Waals surface area contributed by atoms with Crippen molar-refractivity contribution in [1.29, 1.82) is 0 Å². The number of carbonyl (C=O) groups is 1. The molecule has 0 amide bonds. The Labute approximate surface area is 170 Å². The number of halogens is 1. The molecule has 1 aliphatic rings. The van der Waals surface area contributed by atoms with Gasteiger partial charge in [0, 0.05) is 60.4 Å². The Morgan fingerprint density at radius 1 is 1.10 bits per heavy atom. The van der Waals surface area contributed by atoms with Crippen LogP contribution >= 0.6 is 0 Å². The number of Topliss-reactive ketones (excluding diaryl/α,β-unsaturated/α-hetero) is 1. The number of nitrogens with one attached hydrogen (secondary N) is 1. The summed E-state index contributed by atoms with van der Waals surface area (Å²) in [6.07, 6.45) is 0. The van der Waals surface area contributed by atoms with Crippen LogP contribution in [0.5, 0.6) is 5.75 Å². The molecule has 4 rings (SSSR count). The second-order valence-electron chi connectivity index (χ2n) is 7.60. The second-order valence-corrected chi connectivity index (χ2v) is 7.60. The molecule has 2 aromatic carbocycles. The van der Waals surface area contributed by atoms with E-state index >= 15 is 0 Å². The van der Waals surface area contributed by atoms with E-state index in [1.807, 2.05) is 31.2 Å². The molecular formula is C23H26FN3O2. The zero-order chi connectivity index (χ0) is 20.4. The van der Waals surface area contributed by atoms with Crippen LogP contribution in [-0.2, 0) is 6.54 Å². The number of nitrogens with zero attached hydrogens (tertiary/aromatic N) is 2. The maximum absolute atomic E-state index is 13.6. The lowest BCUT2D eigenvalue weighted by atomic mass is 10.1. The van der Waals surface area contributed by atoms with E-state index in [-0.39, 0.29) is 11.6 Å². The zero-order valence-corrected chi connectivity index (χ0v) is 16.9. The molecule has 0 spiro atoms. The second kappa shape index (κ2) is 8.35. The Kier molecular flexibility index (Phi) is 5.65. The van der Waals surface area contributed by atoms with Gasteiger partial charge in [0.05, 0.1) is 13.7 Å². The number of aromatic nitrogens is 1. The van der Waals surface area contributed by atoms with Crippen LogP contribution in [0.25, 0.3) is 10.9 Å². The molecule has 1 fully saturated rings. The van der Waals surface area contributed by atoms with E-state index in [4.69, 9.17) is 4.74 Å². The largest absolute Gasteiger partial charge is 0.496 e. The highest BCUT2D eigenvalue weighted by atomic mass is 19.1. The molecule has 29 heavy (non-hydrogen) atoms. The van der Waals surface area contributed by atoms with Gasteiger partial charge in [0.1, 0.15) is 11.6 Å². The first kappa shape index (κ1) is 19.6. The molecule has 0 aliphatic carbocycles.